The maximum atomic E-state index is 13.5. The molecule has 9 nitrogen and oxygen atoms in total. The van der Waals surface area contributed by atoms with E-state index in [1.54, 1.807) is 29.2 Å². The molecule has 1 aliphatic rings. The highest BCUT2D eigenvalue weighted by atomic mass is 35.5. The van der Waals surface area contributed by atoms with Crippen LogP contribution in [-0.4, -0.2) is 59.6 Å². The molecule has 2 atom stereocenters. The molecule has 0 saturated heterocycles. The normalized spacial score (nSPS) is 15.9. The number of hydrogen-bond donors (Lipinski definition) is 3. The van der Waals surface area contributed by atoms with Crippen LogP contribution < -0.4 is 15.2 Å². The van der Waals surface area contributed by atoms with E-state index in [-0.39, 0.29) is 6.54 Å². The Balaban J connectivity index is 1.36. The van der Waals surface area contributed by atoms with Crippen LogP contribution in [0.25, 0.3) is 10.9 Å². The molecule has 4 N–H and O–H groups in total. The van der Waals surface area contributed by atoms with E-state index in [4.69, 9.17) is 38.4 Å². The van der Waals surface area contributed by atoms with Gasteiger partial charge in [-0.2, -0.15) is 0 Å². The van der Waals surface area contributed by atoms with Gasteiger partial charge in [0.1, 0.15) is 23.9 Å². The van der Waals surface area contributed by atoms with Gasteiger partial charge in [-0.25, -0.2) is 9.79 Å². The first-order valence-electron chi connectivity index (χ1n) is 13.1. The largest absolute Gasteiger partial charge is 0.493 e. The highest BCUT2D eigenvalue weighted by Gasteiger charge is 2.35. The van der Waals surface area contributed by atoms with Crippen LogP contribution in [0, 0.1) is 0 Å². The number of ether oxygens (including phenoxy) is 2. The van der Waals surface area contributed by atoms with Gasteiger partial charge in [-0.05, 0) is 72.1 Å². The number of rotatable bonds is 9. The zero-order valence-electron chi connectivity index (χ0n) is 22.0. The molecule has 0 bridgehead atoms. The molecule has 2 heterocycles. The summed E-state index contributed by atoms with van der Waals surface area (Å²) >= 11 is 12.3. The highest BCUT2D eigenvalue weighted by molar-refractivity contribution is 6.31. The number of aromatic nitrogens is 1. The van der Waals surface area contributed by atoms with Crippen LogP contribution in [0.2, 0.25) is 10.0 Å². The second kappa shape index (κ2) is 13.1. The van der Waals surface area contributed by atoms with E-state index in [0.717, 1.165) is 34.1 Å². The molecule has 1 aliphatic heterocycles. The molecule has 1 unspecified atom stereocenters. The molecule has 11 heteroatoms. The summed E-state index contributed by atoms with van der Waals surface area (Å²) in [4.78, 5) is 26.3. The minimum absolute atomic E-state index is 0.210. The molecule has 0 aliphatic carbocycles. The van der Waals surface area contributed by atoms with E-state index in [2.05, 4.69) is 15.0 Å². The Morgan fingerprint density at radius 2 is 1.83 bits per heavy atom. The van der Waals surface area contributed by atoms with Gasteiger partial charge in [0.25, 0.3) is 0 Å². The van der Waals surface area contributed by atoms with Crippen molar-refractivity contribution in [2.75, 3.05) is 19.7 Å². The minimum Gasteiger partial charge on any atom is -0.493 e. The number of aromatic amines is 1. The fourth-order valence-corrected chi connectivity index (χ4v) is 5.17. The van der Waals surface area contributed by atoms with E-state index in [1.165, 1.54) is 6.34 Å². The number of nitrogens with one attached hydrogen (secondary N) is 1. The number of fused-ring (bicyclic) bond motifs is 3. The molecule has 5 rings (SSSR count). The molecular weight excluding hydrogens is 565 g/mol. The molecule has 1 amide bonds. The lowest BCUT2D eigenvalue weighted by Gasteiger charge is -2.35. The molecule has 0 saturated carbocycles. The second-order valence-electron chi connectivity index (χ2n) is 9.51. The number of hydrogen-bond acceptors (Lipinski definition) is 5. The number of carbonyl (C=O) groups excluding carboxylic acids is 1. The van der Waals surface area contributed by atoms with Crippen molar-refractivity contribution in [1.82, 2.24) is 9.88 Å². The predicted octanol–water partition coefficient (Wildman–Crippen LogP) is 5.77. The number of carbonyl (C=O) groups is 1. The van der Waals surface area contributed by atoms with Gasteiger partial charge in [0, 0.05) is 39.6 Å². The molecule has 41 heavy (non-hydrogen) atoms. The standard InChI is InChI=1S/C30H29Cl2N5O4/c31-20-3-8-24(9-4-20)41-30(39)37-13-11-25-26-15-21(32)5-10-27(26)36-28(25)29(37)19-1-6-23(7-2-19)40-14-12-22(38)16-34-18-35-17-33/h1-10,15,17-18,22,29,36,38H,11-14,16H2,(H2,33,34,35)/t22?,29-/m0/s1. The smallest absolute Gasteiger partial charge is 0.416 e. The van der Waals surface area contributed by atoms with E-state index >= 15 is 0 Å². The first kappa shape index (κ1) is 28.5. The summed E-state index contributed by atoms with van der Waals surface area (Å²) in [7, 11) is 0. The van der Waals surface area contributed by atoms with Crippen LogP contribution in [0.1, 0.15) is 29.3 Å². The first-order chi connectivity index (χ1) is 19.9. The number of benzene rings is 3. The van der Waals surface area contributed by atoms with E-state index in [9.17, 15) is 9.90 Å². The summed E-state index contributed by atoms with van der Waals surface area (Å²) in [5.41, 5.74) is 9.03. The zero-order chi connectivity index (χ0) is 28.8. The third-order valence-corrected chi connectivity index (χ3v) is 7.30. The molecule has 1 aromatic heterocycles. The summed E-state index contributed by atoms with van der Waals surface area (Å²) in [5, 5.41) is 12.3. The van der Waals surface area contributed by atoms with Crippen molar-refractivity contribution in [1.29, 1.82) is 0 Å². The Morgan fingerprint density at radius 1 is 1.10 bits per heavy atom. The molecule has 4 aromatic rings. The van der Waals surface area contributed by atoms with Gasteiger partial charge in [0.15, 0.2) is 0 Å². The van der Waals surface area contributed by atoms with E-state index < -0.39 is 18.2 Å². The Morgan fingerprint density at radius 3 is 2.59 bits per heavy atom. The van der Waals surface area contributed by atoms with Crippen LogP contribution in [-0.2, 0) is 6.42 Å². The van der Waals surface area contributed by atoms with Crippen molar-refractivity contribution < 1.29 is 19.4 Å². The first-order valence-corrected chi connectivity index (χ1v) is 13.8. The van der Waals surface area contributed by atoms with Crippen molar-refractivity contribution in [3.63, 3.8) is 0 Å². The summed E-state index contributed by atoms with van der Waals surface area (Å²) in [5.74, 6) is 1.06. The quantitative estimate of drug-likeness (QED) is 0.168. The van der Waals surface area contributed by atoms with Crippen LogP contribution in [0.4, 0.5) is 4.79 Å². The molecule has 0 radical (unpaired) electrons. The summed E-state index contributed by atoms with van der Waals surface area (Å²) < 4.78 is 11.6. The number of amides is 1. The second-order valence-corrected chi connectivity index (χ2v) is 10.4. The average Bonchev–Trinajstić information content (AvgIpc) is 3.34. The van der Waals surface area contributed by atoms with E-state index in [1.807, 2.05) is 42.5 Å². The van der Waals surface area contributed by atoms with Gasteiger partial charge in [-0.3, -0.25) is 9.89 Å². The Hall–Kier alpha value is -4.05. The fourth-order valence-electron chi connectivity index (χ4n) is 4.87. The number of aliphatic hydroxyl groups excluding tert-OH is 1. The average molecular weight is 594 g/mol. The number of H-pyrrole nitrogens is 1. The van der Waals surface area contributed by atoms with Crippen molar-refractivity contribution in [2.24, 2.45) is 15.7 Å². The topological polar surface area (TPSA) is 126 Å². The highest BCUT2D eigenvalue weighted by Crippen LogP contribution is 2.40. The van der Waals surface area contributed by atoms with E-state index in [0.29, 0.717) is 47.5 Å². The fraction of sp³-hybridized carbons (Fsp3) is 0.233. The number of aliphatic imine (C=N–C) groups is 2. The van der Waals surface area contributed by atoms with Gasteiger partial charge in [0.2, 0.25) is 0 Å². The summed E-state index contributed by atoms with van der Waals surface area (Å²) in [6, 6.07) is 19.6. The minimum atomic E-state index is -0.658. The molecule has 212 valence electrons. The van der Waals surface area contributed by atoms with Crippen molar-refractivity contribution in [3.05, 3.63) is 93.6 Å². The Kier molecular flexibility index (Phi) is 9.08. The number of nitrogens with zero attached hydrogens (tertiary/aromatic N) is 3. The number of halogens is 2. The molecule has 3 aromatic carbocycles. The Bertz CT molecular complexity index is 1550. The van der Waals surface area contributed by atoms with Crippen molar-refractivity contribution >= 4 is 52.9 Å². The van der Waals surface area contributed by atoms with Crippen LogP contribution >= 0.6 is 23.2 Å². The monoisotopic (exact) mass is 593 g/mol. The molecular formula is C30H29Cl2N5O4. The summed E-state index contributed by atoms with van der Waals surface area (Å²) in [6.07, 6.45) is 2.36. The predicted molar refractivity (Wildman–Crippen MR) is 162 cm³/mol. The van der Waals surface area contributed by atoms with Gasteiger partial charge >= 0.3 is 6.09 Å². The SMILES string of the molecule is NC=NC=NCC(O)CCOc1ccc([C@H]2c3[nH]c4ccc(Cl)cc4c3CCN2C(=O)Oc2ccc(Cl)cc2)cc1. The third-order valence-electron chi connectivity index (χ3n) is 6.81. The maximum Gasteiger partial charge on any atom is 0.416 e. The van der Waals surface area contributed by atoms with Crippen LogP contribution in [0.5, 0.6) is 11.5 Å². The maximum absolute atomic E-state index is 13.5. The van der Waals surface area contributed by atoms with Gasteiger partial charge < -0.3 is 25.3 Å². The lowest BCUT2D eigenvalue weighted by Crippen LogP contribution is -2.42. The van der Waals surface area contributed by atoms with Gasteiger partial charge in [-0.15, -0.1) is 0 Å². The van der Waals surface area contributed by atoms with Crippen molar-refractivity contribution in [2.45, 2.75) is 25.0 Å². The van der Waals surface area contributed by atoms with Crippen LogP contribution in [0.15, 0.2) is 76.7 Å². The zero-order valence-corrected chi connectivity index (χ0v) is 23.6. The van der Waals surface area contributed by atoms with Crippen molar-refractivity contribution in [3.8, 4) is 11.5 Å². The molecule has 0 fully saturated rings. The lowest BCUT2D eigenvalue weighted by molar-refractivity contribution is 0.135. The van der Waals surface area contributed by atoms with Gasteiger partial charge in [-0.1, -0.05) is 35.3 Å². The number of aliphatic hydroxyl groups is 1. The summed E-state index contributed by atoms with van der Waals surface area (Å²) in [6.45, 7) is 0.978. The Labute approximate surface area is 247 Å². The number of nitrogens with two attached hydrogens (primary N) is 1. The molecule has 0 spiro atoms. The third kappa shape index (κ3) is 6.82. The van der Waals surface area contributed by atoms with Crippen LogP contribution in [0.3, 0.4) is 0 Å². The lowest BCUT2D eigenvalue weighted by atomic mass is 9.92. The van der Waals surface area contributed by atoms with Gasteiger partial charge in [0.05, 0.1) is 25.6 Å².